The molecular formula is C16H17F2N3OS. The Morgan fingerprint density at radius 1 is 1.48 bits per heavy atom. The van der Waals surface area contributed by atoms with E-state index in [2.05, 4.69) is 10.3 Å². The molecule has 1 aromatic carbocycles. The van der Waals surface area contributed by atoms with Crippen molar-refractivity contribution in [3.05, 3.63) is 52.2 Å². The van der Waals surface area contributed by atoms with Gasteiger partial charge in [-0.3, -0.25) is 4.79 Å². The molecule has 1 amide bonds. The number of carbonyl (C=O) groups is 1. The fourth-order valence-electron chi connectivity index (χ4n) is 2.90. The first-order valence-corrected chi connectivity index (χ1v) is 8.23. The molecule has 1 aliphatic carbocycles. The number of alkyl halides is 1. The van der Waals surface area contributed by atoms with Gasteiger partial charge >= 0.3 is 0 Å². The molecule has 4 nitrogen and oxygen atoms in total. The van der Waals surface area contributed by atoms with Gasteiger partial charge < -0.3 is 11.1 Å². The Hall–Kier alpha value is -1.86. The van der Waals surface area contributed by atoms with Crippen LogP contribution in [0.25, 0.3) is 0 Å². The number of hydrogen-bond donors (Lipinski definition) is 2. The molecule has 7 heteroatoms. The molecule has 1 heterocycles. The van der Waals surface area contributed by atoms with E-state index in [1.807, 2.05) is 0 Å². The van der Waals surface area contributed by atoms with Crippen molar-refractivity contribution < 1.29 is 13.6 Å². The molecule has 1 saturated carbocycles. The maximum Gasteiger partial charge on any atom is 0.238 e. The first kappa shape index (κ1) is 16.0. The lowest BCUT2D eigenvalue weighted by atomic mass is 9.70. The number of amides is 1. The Bertz CT molecular complexity index is 686. The molecule has 0 bridgehead atoms. The lowest BCUT2D eigenvalue weighted by Gasteiger charge is -2.45. The summed E-state index contributed by atoms with van der Waals surface area (Å²) in [6.07, 6.45) is 1.01. The minimum Gasteiger partial charge on any atom is -0.345 e. The lowest BCUT2D eigenvalue weighted by molar-refractivity contribution is -0.126. The van der Waals surface area contributed by atoms with Gasteiger partial charge in [-0.15, -0.1) is 11.3 Å². The van der Waals surface area contributed by atoms with Crippen molar-refractivity contribution in [2.24, 2.45) is 5.73 Å². The zero-order valence-corrected chi connectivity index (χ0v) is 13.2. The zero-order chi connectivity index (χ0) is 16.4. The largest absolute Gasteiger partial charge is 0.345 e. The van der Waals surface area contributed by atoms with Crippen LogP contribution >= 0.6 is 11.3 Å². The average molecular weight is 337 g/mol. The van der Waals surface area contributed by atoms with Gasteiger partial charge in [0, 0.05) is 36.4 Å². The van der Waals surface area contributed by atoms with Gasteiger partial charge in [0.15, 0.2) is 0 Å². The van der Waals surface area contributed by atoms with Gasteiger partial charge in [0.25, 0.3) is 0 Å². The normalized spacial score (nSPS) is 24.7. The third-order valence-electron chi connectivity index (χ3n) is 4.11. The predicted octanol–water partition coefficient (Wildman–Crippen LogP) is 2.30. The van der Waals surface area contributed by atoms with E-state index >= 15 is 0 Å². The maximum absolute atomic E-state index is 14.1. The van der Waals surface area contributed by atoms with E-state index in [0.717, 1.165) is 5.01 Å². The third-order valence-corrected chi connectivity index (χ3v) is 4.91. The van der Waals surface area contributed by atoms with Crippen molar-refractivity contribution in [3.8, 4) is 0 Å². The number of halogens is 2. The van der Waals surface area contributed by atoms with Gasteiger partial charge in [0.05, 0.1) is 16.6 Å². The van der Waals surface area contributed by atoms with Gasteiger partial charge in [0.2, 0.25) is 5.91 Å². The standard InChI is InChI=1S/C16H17F2N3OS/c17-10-8-16(9-10,11-3-1-2-4-12(11)18)21-15(22)13(19)7-14-20-5-6-23-14/h1-6,10,13H,7-9,19H2,(H,21,22). The lowest BCUT2D eigenvalue weighted by Crippen LogP contribution is -2.59. The quantitative estimate of drug-likeness (QED) is 0.880. The van der Waals surface area contributed by atoms with Crippen molar-refractivity contribution in [1.82, 2.24) is 10.3 Å². The fraction of sp³-hybridized carbons (Fsp3) is 0.375. The van der Waals surface area contributed by atoms with Crippen LogP contribution in [0.2, 0.25) is 0 Å². The number of carbonyl (C=O) groups excluding carboxylic acids is 1. The second kappa shape index (κ2) is 6.33. The summed E-state index contributed by atoms with van der Waals surface area (Å²) in [6.45, 7) is 0. The number of aromatic nitrogens is 1. The number of nitrogens with two attached hydrogens (primary N) is 1. The van der Waals surface area contributed by atoms with E-state index in [4.69, 9.17) is 5.73 Å². The van der Waals surface area contributed by atoms with Gasteiger partial charge in [-0.05, 0) is 6.07 Å². The fourth-order valence-corrected chi connectivity index (χ4v) is 3.57. The van der Waals surface area contributed by atoms with E-state index in [0.29, 0.717) is 12.0 Å². The minimum absolute atomic E-state index is 0.0592. The highest BCUT2D eigenvalue weighted by Crippen LogP contribution is 2.44. The van der Waals surface area contributed by atoms with Crippen LogP contribution in [0.5, 0.6) is 0 Å². The highest BCUT2D eigenvalue weighted by molar-refractivity contribution is 7.09. The van der Waals surface area contributed by atoms with Crippen LogP contribution in [0.15, 0.2) is 35.8 Å². The second-order valence-corrected chi connectivity index (χ2v) is 6.77. The number of nitrogens with one attached hydrogen (secondary N) is 1. The van der Waals surface area contributed by atoms with Gasteiger partial charge in [-0.25, -0.2) is 13.8 Å². The van der Waals surface area contributed by atoms with Crippen molar-refractivity contribution in [2.45, 2.75) is 37.0 Å². The van der Waals surface area contributed by atoms with Crippen LogP contribution in [-0.2, 0) is 16.8 Å². The molecule has 1 atom stereocenters. The van der Waals surface area contributed by atoms with Crippen LogP contribution in [-0.4, -0.2) is 23.1 Å². The highest BCUT2D eigenvalue weighted by atomic mass is 32.1. The Balaban J connectivity index is 1.75. The zero-order valence-electron chi connectivity index (χ0n) is 12.3. The topological polar surface area (TPSA) is 68.0 Å². The number of rotatable bonds is 5. The number of nitrogens with zero attached hydrogens (tertiary/aromatic N) is 1. The minimum atomic E-state index is -1.05. The molecule has 0 saturated heterocycles. The van der Waals surface area contributed by atoms with E-state index in [1.165, 1.54) is 17.4 Å². The van der Waals surface area contributed by atoms with Crippen molar-refractivity contribution in [3.63, 3.8) is 0 Å². The van der Waals surface area contributed by atoms with Crippen LogP contribution in [0.1, 0.15) is 23.4 Å². The molecule has 0 radical (unpaired) electrons. The summed E-state index contributed by atoms with van der Waals surface area (Å²) < 4.78 is 27.5. The van der Waals surface area contributed by atoms with Crippen LogP contribution in [0.4, 0.5) is 8.78 Å². The second-order valence-electron chi connectivity index (χ2n) is 5.79. The smallest absolute Gasteiger partial charge is 0.238 e. The molecule has 1 aromatic heterocycles. The molecule has 3 N–H and O–H groups in total. The average Bonchev–Trinajstić information content (AvgIpc) is 2.98. The van der Waals surface area contributed by atoms with Gasteiger partial charge in [-0.1, -0.05) is 18.2 Å². The molecule has 1 unspecified atom stereocenters. The SMILES string of the molecule is NC(Cc1nccs1)C(=O)NC1(c2ccccc2F)CC(F)C1. The van der Waals surface area contributed by atoms with Crippen molar-refractivity contribution in [2.75, 3.05) is 0 Å². The number of thiazole rings is 1. The van der Waals surface area contributed by atoms with Crippen LogP contribution < -0.4 is 11.1 Å². The molecule has 1 aliphatic rings. The summed E-state index contributed by atoms with van der Waals surface area (Å²) >= 11 is 1.41. The summed E-state index contributed by atoms with van der Waals surface area (Å²) in [4.78, 5) is 16.5. The monoisotopic (exact) mass is 337 g/mol. The predicted molar refractivity (Wildman–Crippen MR) is 84.1 cm³/mol. The maximum atomic E-state index is 14.1. The molecule has 0 aliphatic heterocycles. The molecule has 122 valence electrons. The Morgan fingerprint density at radius 2 is 2.22 bits per heavy atom. The summed E-state index contributed by atoms with van der Waals surface area (Å²) in [5, 5.41) is 5.32. The first-order valence-electron chi connectivity index (χ1n) is 7.35. The summed E-state index contributed by atoms with van der Waals surface area (Å²) in [5.41, 5.74) is 5.21. The van der Waals surface area contributed by atoms with Crippen LogP contribution in [0, 0.1) is 5.82 Å². The Labute approximate surface area is 136 Å². The van der Waals surface area contributed by atoms with Crippen LogP contribution in [0.3, 0.4) is 0 Å². The molecule has 1 fully saturated rings. The summed E-state index contributed by atoms with van der Waals surface area (Å²) in [7, 11) is 0. The molecular weight excluding hydrogens is 320 g/mol. The molecule has 23 heavy (non-hydrogen) atoms. The number of benzene rings is 1. The van der Waals surface area contributed by atoms with E-state index < -0.39 is 29.5 Å². The van der Waals surface area contributed by atoms with Gasteiger partial charge in [0.1, 0.15) is 12.0 Å². The van der Waals surface area contributed by atoms with Crippen molar-refractivity contribution in [1.29, 1.82) is 0 Å². The van der Waals surface area contributed by atoms with E-state index in [9.17, 15) is 13.6 Å². The van der Waals surface area contributed by atoms with E-state index in [-0.39, 0.29) is 12.8 Å². The summed E-state index contributed by atoms with van der Waals surface area (Å²) in [6, 6.07) is 5.32. The van der Waals surface area contributed by atoms with E-state index in [1.54, 1.807) is 29.8 Å². The van der Waals surface area contributed by atoms with Crippen molar-refractivity contribution >= 4 is 17.2 Å². The number of hydrogen-bond acceptors (Lipinski definition) is 4. The van der Waals surface area contributed by atoms with Gasteiger partial charge in [-0.2, -0.15) is 0 Å². The Morgan fingerprint density at radius 3 is 2.83 bits per heavy atom. The third kappa shape index (κ3) is 3.25. The molecule has 3 rings (SSSR count). The highest BCUT2D eigenvalue weighted by Gasteiger charge is 2.49. The molecule has 2 aromatic rings. The summed E-state index contributed by atoms with van der Waals surface area (Å²) in [5.74, 6) is -0.872. The Kier molecular flexibility index (Phi) is 4.41. The molecule has 0 spiro atoms. The first-order chi connectivity index (χ1) is 11.0.